The molecule has 0 aromatic carbocycles. The van der Waals surface area contributed by atoms with Crippen LogP contribution in [0.1, 0.15) is 20.3 Å². The predicted octanol–water partition coefficient (Wildman–Crippen LogP) is 2.01. The van der Waals surface area contributed by atoms with Gasteiger partial charge in [-0.15, -0.1) is 0 Å². The molecule has 0 aliphatic rings. The van der Waals surface area contributed by atoms with E-state index in [-0.39, 0.29) is 59.5 Å². The van der Waals surface area contributed by atoms with Gasteiger partial charge in [-0.25, -0.2) is 14.4 Å². The fourth-order valence-corrected chi connectivity index (χ4v) is 2.13. The third-order valence-electron chi connectivity index (χ3n) is 4.06. The van der Waals surface area contributed by atoms with Crippen LogP contribution in [0.4, 0.5) is 0 Å². The van der Waals surface area contributed by atoms with E-state index < -0.39 is 23.3 Å². The molecule has 0 amide bonds. The molecule has 0 saturated heterocycles. The summed E-state index contributed by atoms with van der Waals surface area (Å²) < 4.78 is 31.8. The zero-order valence-electron chi connectivity index (χ0n) is 18.5. The van der Waals surface area contributed by atoms with Crippen molar-refractivity contribution in [3.63, 3.8) is 0 Å². The van der Waals surface area contributed by atoms with Crippen LogP contribution in [0.5, 0.6) is 0 Å². The average molecular weight is 443 g/mol. The summed E-state index contributed by atoms with van der Waals surface area (Å²) in [4.78, 5) is 33.6. The lowest BCUT2D eigenvalue weighted by molar-refractivity contribution is -0.142. The minimum Gasteiger partial charge on any atom is -0.460 e. The largest absolute Gasteiger partial charge is 0.460 e. The van der Waals surface area contributed by atoms with Crippen LogP contribution < -0.4 is 0 Å². The Bertz CT molecular complexity index is 568. The molecule has 0 fully saturated rings. The molecule has 0 saturated carbocycles. The number of rotatable bonds is 19. The number of hydrogen-bond donors (Lipinski definition) is 0. The standard InChI is InChI=1S/C22H34O9/c1-6-19(23)29-12-9-26-15-22(8-3,16-27-10-13-30-20(24)7-2)17-28-11-14-31-21(25)18(4)5/h6-7H,1-2,4,8-17H2,3,5H3. The molecule has 0 N–H and O–H groups in total. The molecule has 9 nitrogen and oxygen atoms in total. The van der Waals surface area contributed by atoms with Gasteiger partial charge in [0.05, 0.1) is 39.6 Å². The van der Waals surface area contributed by atoms with Crippen molar-refractivity contribution >= 4 is 17.9 Å². The van der Waals surface area contributed by atoms with Crippen molar-refractivity contribution in [2.75, 3.05) is 59.5 Å². The van der Waals surface area contributed by atoms with Crippen LogP contribution in [0, 0.1) is 5.41 Å². The Morgan fingerprint density at radius 1 is 0.742 bits per heavy atom. The van der Waals surface area contributed by atoms with E-state index in [4.69, 9.17) is 28.4 Å². The Morgan fingerprint density at radius 3 is 1.45 bits per heavy atom. The normalized spacial score (nSPS) is 10.8. The van der Waals surface area contributed by atoms with Gasteiger partial charge in [-0.2, -0.15) is 0 Å². The molecule has 31 heavy (non-hydrogen) atoms. The highest BCUT2D eigenvalue weighted by atomic mass is 16.6. The van der Waals surface area contributed by atoms with E-state index in [2.05, 4.69) is 19.7 Å². The van der Waals surface area contributed by atoms with Crippen LogP contribution in [0.2, 0.25) is 0 Å². The number of carbonyl (C=O) groups excluding carboxylic acids is 3. The second kappa shape index (κ2) is 17.2. The predicted molar refractivity (Wildman–Crippen MR) is 113 cm³/mol. The summed E-state index contributed by atoms with van der Waals surface area (Å²) in [7, 11) is 0. The summed E-state index contributed by atoms with van der Waals surface area (Å²) in [5.74, 6) is -1.51. The Morgan fingerprint density at radius 2 is 1.13 bits per heavy atom. The molecule has 0 spiro atoms. The summed E-state index contributed by atoms with van der Waals surface area (Å²) in [6, 6.07) is 0. The summed E-state index contributed by atoms with van der Waals surface area (Å²) in [6.07, 6.45) is 2.83. The van der Waals surface area contributed by atoms with Gasteiger partial charge in [0.1, 0.15) is 19.8 Å². The average Bonchev–Trinajstić information content (AvgIpc) is 2.76. The highest BCUT2D eigenvalue weighted by molar-refractivity contribution is 5.86. The Labute approximate surface area is 184 Å². The van der Waals surface area contributed by atoms with E-state index in [9.17, 15) is 14.4 Å². The fourth-order valence-electron chi connectivity index (χ4n) is 2.13. The number of esters is 3. The molecular weight excluding hydrogens is 408 g/mol. The van der Waals surface area contributed by atoms with Gasteiger partial charge in [-0.3, -0.25) is 0 Å². The molecule has 0 aromatic heterocycles. The highest BCUT2D eigenvalue weighted by Gasteiger charge is 2.30. The number of hydrogen-bond acceptors (Lipinski definition) is 9. The fraction of sp³-hybridized carbons (Fsp3) is 0.591. The zero-order valence-corrected chi connectivity index (χ0v) is 18.5. The summed E-state index contributed by atoms with van der Waals surface area (Å²) in [5, 5.41) is 0. The lowest BCUT2D eigenvalue weighted by Gasteiger charge is -2.32. The molecule has 0 unspecified atom stereocenters. The van der Waals surface area contributed by atoms with Crippen LogP contribution in [-0.4, -0.2) is 77.4 Å². The molecule has 0 rings (SSSR count). The second-order valence-corrected chi connectivity index (χ2v) is 6.67. The van der Waals surface area contributed by atoms with Crippen LogP contribution in [0.3, 0.4) is 0 Å². The maximum absolute atomic E-state index is 11.4. The Balaban J connectivity index is 4.56. The smallest absolute Gasteiger partial charge is 0.333 e. The van der Waals surface area contributed by atoms with E-state index >= 15 is 0 Å². The first-order valence-electron chi connectivity index (χ1n) is 9.94. The lowest BCUT2D eigenvalue weighted by atomic mass is 9.88. The topological polar surface area (TPSA) is 107 Å². The van der Waals surface area contributed by atoms with Crippen LogP contribution in [0.25, 0.3) is 0 Å². The molecule has 0 aliphatic carbocycles. The quantitative estimate of drug-likeness (QED) is 0.128. The van der Waals surface area contributed by atoms with Crippen molar-refractivity contribution in [2.24, 2.45) is 5.41 Å². The van der Waals surface area contributed by atoms with Gasteiger partial charge in [0, 0.05) is 23.1 Å². The highest BCUT2D eigenvalue weighted by Crippen LogP contribution is 2.24. The molecule has 9 heteroatoms. The minimum atomic E-state index is -0.518. The van der Waals surface area contributed by atoms with Crippen molar-refractivity contribution in [3.05, 3.63) is 37.5 Å². The van der Waals surface area contributed by atoms with Crippen molar-refractivity contribution in [1.29, 1.82) is 0 Å². The lowest BCUT2D eigenvalue weighted by Crippen LogP contribution is -2.38. The molecule has 0 radical (unpaired) electrons. The minimum absolute atomic E-state index is 0.0979. The van der Waals surface area contributed by atoms with Crippen molar-refractivity contribution in [3.8, 4) is 0 Å². The van der Waals surface area contributed by atoms with Gasteiger partial charge in [-0.1, -0.05) is 26.7 Å². The number of ether oxygens (including phenoxy) is 6. The van der Waals surface area contributed by atoms with Crippen LogP contribution >= 0.6 is 0 Å². The molecule has 0 aliphatic heterocycles. The Hall–Kier alpha value is -2.49. The molecule has 176 valence electrons. The first-order chi connectivity index (χ1) is 14.8. The van der Waals surface area contributed by atoms with Gasteiger partial charge < -0.3 is 28.4 Å². The van der Waals surface area contributed by atoms with Crippen molar-refractivity contribution in [1.82, 2.24) is 0 Å². The molecule has 0 heterocycles. The van der Waals surface area contributed by atoms with Crippen LogP contribution in [0.15, 0.2) is 37.5 Å². The van der Waals surface area contributed by atoms with Gasteiger partial charge >= 0.3 is 17.9 Å². The van der Waals surface area contributed by atoms with Gasteiger partial charge in [0.2, 0.25) is 0 Å². The Kier molecular flexibility index (Phi) is 15.8. The van der Waals surface area contributed by atoms with Gasteiger partial charge in [0.15, 0.2) is 0 Å². The number of carbonyl (C=O) groups is 3. The first-order valence-corrected chi connectivity index (χ1v) is 9.94. The van der Waals surface area contributed by atoms with E-state index in [1.165, 1.54) is 0 Å². The third kappa shape index (κ3) is 14.2. The molecule has 0 bridgehead atoms. The van der Waals surface area contributed by atoms with E-state index in [1.807, 2.05) is 6.92 Å². The van der Waals surface area contributed by atoms with E-state index in [0.29, 0.717) is 12.0 Å². The SMILES string of the molecule is C=CC(=O)OCCOCC(CC)(COCCOC(=O)C=C)COCCOC(=O)C(=C)C. The van der Waals surface area contributed by atoms with Crippen molar-refractivity contribution < 1.29 is 42.8 Å². The summed E-state index contributed by atoms with van der Waals surface area (Å²) >= 11 is 0. The van der Waals surface area contributed by atoms with Gasteiger partial charge in [0.25, 0.3) is 0 Å². The van der Waals surface area contributed by atoms with E-state index in [0.717, 1.165) is 12.2 Å². The first kappa shape index (κ1) is 28.5. The summed E-state index contributed by atoms with van der Waals surface area (Å²) in [6.45, 7) is 15.5. The molecular formula is C22H34O9. The maximum atomic E-state index is 11.4. The van der Waals surface area contributed by atoms with E-state index in [1.54, 1.807) is 6.92 Å². The van der Waals surface area contributed by atoms with Crippen molar-refractivity contribution in [2.45, 2.75) is 20.3 Å². The molecule has 0 atom stereocenters. The van der Waals surface area contributed by atoms with Crippen LogP contribution in [-0.2, 0) is 42.8 Å². The summed E-state index contributed by atoms with van der Waals surface area (Å²) in [5.41, 5.74) is -0.178. The molecule has 0 aromatic rings. The zero-order chi connectivity index (χ0) is 23.5. The second-order valence-electron chi connectivity index (χ2n) is 6.67. The maximum Gasteiger partial charge on any atom is 0.333 e. The third-order valence-corrected chi connectivity index (χ3v) is 4.06. The van der Waals surface area contributed by atoms with Gasteiger partial charge in [-0.05, 0) is 13.3 Å². The monoisotopic (exact) mass is 442 g/mol.